The van der Waals surface area contributed by atoms with Crippen LogP contribution in [0.4, 0.5) is 19.1 Å². The molecule has 1 aromatic heterocycles. The van der Waals surface area contributed by atoms with Crippen LogP contribution in [0.1, 0.15) is 30.0 Å². The molecular weight excluding hydrogens is 383 g/mol. The average molecular weight is 407 g/mol. The fourth-order valence-electron chi connectivity index (χ4n) is 3.54. The number of carbonyl (C=O) groups excluding carboxylic acids is 1. The number of rotatable bonds is 4. The maximum absolute atomic E-state index is 12.9. The number of benzene rings is 1. The van der Waals surface area contributed by atoms with Gasteiger partial charge in [0.15, 0.2) is 0 Å². The van der Waals surface area contributed by atoms with Gasteiger partial charge in [0.1, 0.15) is 0 Å². The highest BCUT2D eigenvalue weighted by molar-refractivity contribution is 5.77. The number of carbonyl (C=O) groups is 1. The Labute approximate surface area is 167 Å². The fraction of sp³-hybridized carbons (Fsp3) is 0.450. The second kappa shape index (κ2) is 8.36. The molecule has 3 rings (SSSR count). The Hall–Kier alpha value is -2.68. The highest BCUT2D eigenvalue weighted by atomic mass is 19.4. The van der Waals surface area contributed by atoms with E-state index in [0.29, 0.717) is 29.9 Å². The number of anilines is 1. The van der Waals surface area contributed by atoms with Gasteiger partial charge in [0.25, 0.3) is 0 Å². The normalized spacial score (nSPS) is 17.9. The van der Waals surface area contributed by atoms with E-state index >= 15 is 0 Å². The number of likely N-dealkylation sites (N-methyl/N-ethyl adjacent to an activating group) is 1. The smallest absolute Gasteiger partial charge is 0.368 e. The van der Waals surface area contributed by atoms with Gasteiger partial charge in [-0.2, -0.15) is 13.2 Å². The molecule has 9 heteroatoms. The van der Waals surface area contributed by atoms with Crippen molar-refractivity contribution in [2.45, 2.75) is 24.9 Å². The molecule has 2 aromatic rings. The first-order valence-corrected chi connectivity index (χ1v) is 9.37. The van der Waals surface area contributed by atoms with E-state index in [4.69, 9.17) is 5.73 Å². The third-order valence-corrected chi connectivity index (χ3v) is 5.11. The van der Waals surface area contributed by atoms with Crippen molar-refractivity contribution in [1.29, 1.82) is 0 Å². The Morgan fingerprint density at radius 2 is 1.97 bits per heavy atom. The van der Waals surface area contributed by atoms with Crippen molar-refractivity contribution in [2.75, 3.05) is 39.5 Å². The third kappa shape index (κ3) is 5.03. The summed E-state index contributed by atoms with van der Waals surface area (Å²) >= 11 is 0. The van der Waals surface area contributed by atoms with Crippen LogP contribution in [0.3, 0.4) is 0 Å². The van der Waals surface area contributed by atoms with Crippen molar-refractivity contribution in [3.8, 4) is 11.1 Å². The number of piperidine rings is 1. The monoisotopic (exact) mass is 407 g/mol. The number of amides is 1. The van der Waals surface area contributed by atoms with Gasteiger partial charge in [0.05, 0.1) is 17.8 Å². The summed E-state index contributed by atoms with van der Waals surface area (Å²) in [5.74, 6) is 0.161. The lowest BCUT2D eigenvalue weighted by molar-refractivity contribution is -0.137. The van der Waals surface area contributed by atoms with Gasteiger partial charge in [0, 0.05) is 38.3 Å². The Kier molecular flexibility index (Phi) is 6.07. The van der Waals surface area contributed by atoms with Crippen molar-refractivity contribution in [2.24, 2.45) is 0 Å². The molecule has 1 aliphatic rings. The highest BCUT2D eigenvalue weighted by Crippen LogP contribution is 2.35. The zero-order valence-electron chi connectivity index (χ0n) is 16.4. The Balaban J connectivity index is 1.88. The van der Waals surface area contributed by atoms with Crippen LogP contribution in [0.15, 0.2) is 30.5 Å². The standard InChI is InChI=1S/C20H24F3N5O/c1-27(2)17(29)12-28-9-3-4-14(11-28)18-16(10-25-19(24)26-18)13-5-7-15(8-6-13)20(21,22)23/h5-8,10,14H,3-4,9,11-12H2,1-2H3,(H2,24,25,26)/t14-/m1/s1. The van der Waals surface area contributed by atoms with E-state index in [-0.39, 0.29) is 17.8 Å². The number of nitrogens with two attached hydrogens (primary N) is 1. The second-order valence-electron chi connectivity index (χ2n) is 7.46. The summed E-state index contributed by atoms with van der Waals surface area (Å²) in [5.41, 5.74) is 7.08. The SMILES string of the molecule is CN(C)C(=O)CN1CCC[C@@H](c2nc(N)ncc2-c2ccc(C(F)(F)F)cc2)C1. The molecule has 1 aromatic carbocycles. The molecule has 29 heavy (non-hydrogen) atoms. The van der Waals surface area contributed by atoms with Gasteiger partial charge < -0.3 is 10.6 Å². The Bertz CT molecular complexity index is 867. The molecule has 6 nitrogen and oxygen atoms in total. The van der Waals surface area contributed by atoms with Crippen molar-refractivity contribution < 1.29 is 18.0 Å². The number of nitrogen functional groups attached to an aromatic ring is 1. The molecule has 1 fully saturated rings. The summed E-state index contributed by atoms with van der Waals surface area (Å²) in [6.45, 7) is 1.76. The van der Waals surface area contributed by atoms with Crippen LogP contribution >= 0.6 is 0 Å². The molecule has 1 saturated heterocycles. The molecule has 2 heterocycles. The molecule has 0 spiro atoms. The first kappa shape index (κ1) is 21.0. The van der Waals surface area contributed by atoms with Gasteiger partial charge in [-0.1, -0.05) is 12.1 Å². The quantitative estimate of drug-likeness (QED) is 0.843. The van der Waals surface area contributed by atoms with E-state index in [0.717, 1.165) is 31.5 Å². The van der Waals surface area contributed by atoms with Gasteiger partial charge in [-0.15, -0.1) is 0 Å². The minimum Gasteiger partial charge on any atom is -0.368 e. The maximum Gasteiger partial charge on any atom is 0.416 e. The molecule has 0 aliphatic carbocycles. The van der Waals surface area contributed by atoms with Crippen molar-refractivity contribution in [1.82, 2.24) is 19.8 Å². The van der Waals surface area contributed by atoms with Crippen molar-refractivity contribution in [3.05, 3.63) is 41.7 Å². The van der Waals surface area contributed by atoms with E-state index in [1.54, 1.807) is 25.2 Å². The number of aromatic nitrogens is 2. The van der Waals surface area contributed by atoms with Crippen molar-refractivity contribution >= 4 is 11.9 Å². The van der Waals surface area contributed by atoms with E-state index < -0.39 is 11.7 Å². The average Bonchev–Trinajstić information content (AvgIpc) is 2.67. The van der Waals surface area contributed by atoms with Crippen LogP contribution in [-0.2, 0) is 11.0 Å². The van der Waals surface area contributed by atoms with Crippen LogP contribution in [-0.4, -0.2) is 59.4 Å². The molecular formula is C20H24F3N5O. The molecule has 0 saturated carbocycles. The predicted molar refractivity (Wildman–Crippen MR) is 104 cm³/mol. The van der Waals surface area contributed by atoms with Crippen LogP contribution < -0.4 is 5.73 Å². The summed E-state index contributed by atoms with van der Waals surface area (Å²) in [5, 5.41) is 0. The number of hydrogen-bond acceptors (Lipinski definition) is 5. The first-order chi connectivity index (χ1) is 13.6. The number of nitrogens with zero attached hydrogens (tertiary/aromatic N) is 4. The van der Waals surface area contributed by atoms with Crippen LogP contribution in [0.25, 0.3) is 11.1 Å². The summed E-state index contributed by atoms with van der Waals surface area (Å²) in [4.78, 5) is 24.1. The molecule has 1 atom stereocenters. The maximum atomic E-state index is 12.9. The first-order valence-electron chi connectivity index (χ1n) is 9.37. The zero-order valence-corrected chi connectivity index (χ0v) is 16.4. The van der Waals surface area contributed by atoms with Gasteiger partial charge in [-0.05, 0) is 37.1 Å². The van der Waals surface area contributed by atoms with Crippen LogP contribution in [0.5, 0.6) is 0 Å². The number of halogens is 3. The van der Waals surface area contributed by atoms with E-state index in [1.165, 1.54) is 12.1 Å². The number of hydrogen-bond donors (Lipinski definition) is 1. The Morgan fingerprint density at radius 1 is 1.28 bits per heavy atom. The predicted octanol–water partition coefficient (Wildman–Crippen LogP) is 3.01. The minimum atomic E-state index is -4.39. The lowest BCUT2D eigenvalue weighted by Crippen LogP contribution is -2.41. The molecule has 2 N–H and O–H groups in total. The van der Waals surface area contributed by atoms with E-state index in [9.17, 15) is 18.0 Å². The summed E-state index contributed by atoms with van der Waals surface area (Å²) in [6, 6.07) is 4.96. The van der Waals surface area contributed by atoms with Gasteiger partial charge in [0.2, 0.25) is 11.9 Å². The molecule has 1 amide bonds. The molecule has 0 bridgehead atoms. The number of alkyl halides is 3. The largest absolute Gasteiger partial charge is 0.416 e. The van der Waals surface area contributed by atoms with Crippen LogP contribution in [0.2, 0.25) is 0 Å². The Morgan fingerprint density at radius 3 is 2.59 bits per heavy atom. The molecule has 0 unspecified atom stereocenters. The lowest BCUT2D eigenvalue weighted by atomic mass is 9.89. The van der Waals surface area contributed by atoms with Gasteiger partial charge in [-0.25, -0.2) is 9.97 Å². The lowest BCUT2D eigenvalue weighted by Gasteiger charge is -2.33. The number of likely N-dealkylation sites (tertiary alicyclic amines) is 1. The fourth-order valence-corrected chi connectivity index (χ4v) is 3.54. The molecule has 0 radical (unpaired) electrons. The second-order valence-corrected chi connectivity index (χ2v) is 7.46. The summed E-state index contributed by atoms with van der Waals surface area (Å²) in [6.07, 6.45) is -1.08. The van der Waals surface area contributed by atoms with Crippen LogP contribution in [0, 0.1) is 0 Å². The zero-order chi connectivity index (χ0) is 21.2. The molecule has 156 valence electrons. The van der Waals surface area contributed by atoms with E-state index in [2.05, 4.69) is 14.9 Å². The highest BCUT2D eigenvalue weighted by Gasteiger charge is 2.31. The minimum absolute atomic E-state index is 0.0151. The van der Waals surface area contributed by atoms with Gasteiger partial charge in [-0.3, -0.25) is 9.69 Å². The topological polar surface area (TPSA) is 75.4 Å². The third-order valence-electron chi connectivity index (χ3n) is 5.11. The van der Waals surface area contributed by atoms with Crippen molar-refractivity contribution in [3.63, 3.8) is 0 Å². The van der Waals surface area contributed by atoms with Gasteiger partial charge >= 0.3 is 6.18 Å². The molecule has 1 aliphatic heterocycles. The summed E-state index contributed by atoms with van der Waals surface area (Å²) < 4.78 is 38.6. The van der Waals surface area contributed by atoms with E-state index in [1.807, 2.05) is 0 Å². The summed E-state index contributed by atoms with van der Waals surface area (Å²) in [7, 11) is 3.44.